The summed E-state index contributed by atoms with van der Waals surface area (Å²) in [4.78, 5) is 36.4. The van der Waals surface area contributed by atoms with E-state index in [2.05, 4.69) is 10.6 Å². The highest BCUT2D eigenvalue weighted by molar-refractivity contribution is 5.96. The summed E-state index contributed by atoms with van der Waals surface area (Å²) in [5.41, 5.74) is 1.31. The zero-order valence-corrected chi connectivity index (χ0v) is 18.7. The maximum Gasteiger partial charge on any atom is 0.338 e. The molecular formula is C25H22N2O8. The number of rotatable bonds is 9. The number of methoxy groups -OCH3 is 1. The van der Waals surface area contributed by atoms with Crippen LogP contribution >= 0.6 is 0 Å². The van der Waals surface area contributed by atoms with Crippen LogP contribution in [0.15, 0.2) is 66.7 Å². The summed E-state index contributed by atoms with van der Waals surface area (Å²) < 4.78 is 26.1. The number of nitrogens with one attached hydrogen (secondary N) is 2. The number of hydrogen-bond acceptors (Lipinski definition) is 8. The minimum atomic E-state index is -0.673. The van der Waals surface area contributed by atoms with Crippen LogP contribution in [0.1, 0.15) is 10.4 Å². The van der Waals surface area contributed by atoms with Crippen molar-refractivity contribution in [3.63, 3.8) is 0 Å². The van der Waals surface area contributed by atoms with Gasteiger partial charge >= 0.3 is 5.97 Å². The summed E-state index contributed by atoms with van der Waals surface area (Å²) in [5.74, 6) is 0.612. The van der Waals surface area contributed by atoms with Gasteiger partial charge in [-0.1, -0.05) is 6.07 Å². The Morgan fingerprint density at radius 3 is 2.29 bits per heavy atom. The minimum absolute atomic E-state index is 0.130. The summed E-state index contributed by atoms with van der Waals surface area (Å²) in [5, 5.41) is 5.33. The second kappa shape index (κ2) is 10.9. The molecule has 35 heavy (non-hydrogen) atoms. The van der Waals surface area contributed by atoms with Crippen molar-refractivity contribution in [1.29, 1.82) is 0 Å². The average molecular weight is 478 g/mol. The SMILES string of the molecule is COc1cccc(NC(=O)COc2ccc(C(=O)OCC(=O)Nc3ccc4c(c3)OCO4)cc2)c1. The zero-order chi connectivity index (χ0) is 24.6. The maximum absolute atomic E-state index is 12.2. The summed E-state index contributed by atoms with van der Waals surface area (Å²) in [7, 11) is 1.54. The average Bonchev–Trinajstić information content (AvgIpc) is 3.34. The minimum Gasteiger partial charge on any atom is -0.497 e. The van der Waals surface area contributed by atoms with Crippen LogP contribution < -0.4 is 29.6 Å². The van der Waals surface area contributed by atoms with E-state index in [1.807, 2.05) is 0 Å². The van der Waals surface area contributed by atoms with Gasteiger partial charge in [-0.15, -0.1) is 0 Å². The number of hydrogen-bond donors (Lipinski definition) is 2. The largest absolute Gasteiger partial charge is 0.497 e. The molecule has 0 radical (unpaired) electrons. The van der Waals surface area contributed by atoms with Crippen LogP contribution in [0.3, 0.4) is 0 Å². The molecule has 0 unspecified atom stereocenters. The third kappa shape index (κ3) is 6.41. The number of carbonyl (C=O) groups excluding carboxylic acids is 3. The highest BCUT2D eigenvalue weighted by Crippen LogP contribution is 2.34. The summed E-state index contributed by atoms with van der Waals surface area (Å²) in [6.45, 7) is -0.554. The van der Waals surface area contributed by atoms with Crippen molar-refractivity contribution in [1.82, 2.24) is 0 Å². The molecule has 3 aromatic rings. The monoisotopic (exact) mass is 478 g/mol. The van der Waals surface area contributed by atoms with E-state index in [4.69, 9.17) is 23.7 Å². The Morgan fingerprint density at radius 1 is 0.800 bits per heavy atom. The van der Waals surface area contributed by atoms with E-state index in [0.29, 0.717) is 34.4 Å². The smallest absolute Gasteiger partial charge is 0.338 e. The summed E-state index contributed by atoms with van der Waals surface area (Å²) in [6.07, 6.45) is 0. The molecule has 1 heterocycles. The lowest BCUT2D eigenvalue weighted by Crippen LogP contribution is -2.21. The highest BCUT2D eigenvalue weighted by Gasteiger charge is 2.15. The molecule has 1 aliphatic rings. The van der Waals surface area contributed by atoms with Gasteiger partial charge in [-0.2, -0.15) is 0 Å². The molecule has 0 atom stereocenters. The molecule has 0 aliphatic carbocycles. The van der Waals surface area contributed by atoms with Gasteiger partial charge in [-0.25, -0.2) is 4.79 Å². The van der Waals surface area contributed by atoms with Crippen molar-refractivity contribution in [2.75, 3.05) is 37.8 Å². The standard InChI is InChI=1S/C25H22N2O8/c1-31-20-4-2-3-17(11-20)26-23(28)13-32-19-8-5-16(6-9-19)25(30)33-14-24(29)27-18-7-10-21-22(12-18)35-15-34-21/h2-12H,13-15H2,1H3,(H,26,28)(H,27,29). The Kier molecular flexibility index (Phi) is 7.31. The summed E-state index contributed by atoms with van der Waals surface area (Å²) >= 11 is 0. The maximum atomic E-state index is 12.2. The molecule has 0 saturated heterocycles. The molecule has 0 aromatic heterocycles. The molecule has 180 valence electrons. The second-order valence-electron chi connectivity index (χ2n) is 7.29. The Morgan fingerprint density at radius 2 is 1.51 bits per heavy atom. The van der Waals surface area contributed by atoms with Crippen molar-refractivity contribution in [3.8, 4) is 23.0 Å². The van der Waals surface area contributed by atoms with E-state index in [-0.39, 0.29) is 24.9 Å². The lowest BCUT2D eigenvalue weighted by atomic mass is 10.2. The molecular weight excluding hydrogens is 456 g/mol. The third-order valence-corrected chi connectivity index (χ3v) is 4.80. The molecule has 2 N–H and O–H groups in total. The van der Waals surface area contributed by atoms with E-state index in [9.17, 15) is 14.4 Å². The van der Waals surface area contributed by atoms with Crippen LogP contribution in [0, 0.1) is 0 Å². The number of carbonyl (C=O) groups is 3. The lowest BCUT2D eigenvalue weighted by Gasteiger charge is -2.09. The summed E-state index contributed by atoms with van der Waals surface area (Å²) in [6, 6.07) is 17.9. The van der Waals surface area contributed by atoms with Crippen molar-refractivity contribution in [2.45, 2.75) is 0 Å². The van der Waals surface area contributed by atoms with E-state index in [1.54, 1.807) is 49.6 Å². The van der Waals surface area contributed by atoms with Gasteiger partial charge in [0.25, 0.3) is 11.8 Å². The molecule has 3 aromatic carbocycles. The fraction of sp³-hybridized carbons (Fsp3) is 0.160. The Balaban J connectivity index is 1.21. The first-order valence-corrected chi connectivity index (χ1v) is 10.5. The first-order valence-electron chi connectivity index (χ1n) is 10.5. The van der Waals surface area contributed by atoms with E-state index >= 15 is 0 Å². The van der Waals surface area contributed by atoms with Crippen molar-refractivity contribution >= 4 is 29.2 Å². The fourth-order valence-electron chi connectivity index (χ4n) is 3.12. The molecule has 10 nitrogen and oxygen atoms in total. The number of benzene rings is 3. The molecule has 0 fully saturated rings. The van der Waals surface area contributed by atoms with E-state index in [0.717, 1.165) is 0 Å². The van der Waals surface area contributed by atoms with Crippen LogP contribution in [0.4, 0.5) is 11.4 Å². The normalized spacial score (nSPS) is 11.3. The van der Waals surface area contributed by atoms with Gasteiger partial charge < -0.3 is 34.3 Å². The van der Waals surface area contributed by atoms with Crippen LogP contribution in [-0.4, -0.2) is 44.9 Å². The number of amides is 2. The third-order valence-electron chi connectivity index (χ3n) is 4.80. The van der Waals surface area contributed by atoms with Crippen LogP contribution in [0.2, 0.25) is 0 Å². The van der Waals surface area contributed by atoms with Gasteiger partial charge in [0.05, 0.1) is 12.7 Å². The lowest BCUT2D eigenvalue weighted by molar-refractivity contribution is -0.119. The number of ether oxygens (including phenoxy) is 5. The predicted octanol–water partition coefficient (Wildman–Crippen LogP) is 3.24. The van der Waals surface area contributed by atoms with Gasteiger partial charge in [-0.05, 0) is 48.5 Å². The zero-order valence-electron chi connectivity index (χ0n) is 18.7. The molecule has 4 rings (SSSR count). The fourth-order valence-corrected chi connectivity index (χ4v) is 3.12. The van der Waals surface area contributed by atoms with Crippen LogP contribution in [0.5, 0.6) is 23.0 Å². The van der Waals surface area contributed by atoms with Gasteiger partial charge in [0.2, 0.25) is 6.79 Å². The molecule has 0 saturated carbocycles. The Labute approximate surface area is 200 Å². The van der Waals surface area contributed by atoms with Gasteiger partial charge in [0.15, 0.2) is 24.7 Å². The molecule has 1 aliphatic heterocycles. The number of fused-ring (bicyclic) bond motifs is 1. The Hall–Kier alpha value is -4.73. The van der Waals surface area contributed by atoms with Crippen LogP contribution in [0.25, 0.3) is 0 Å². The second-order valence-corrected chi connectivity index (χ2v) is 7.29. The first-order chi connectivity index (χ1) is 17.0. The predicted molar refractivity (Wildman–Crippen MR) is 125 cm³/mol. The van der Waals surface area contributed by atoms with E-state index < -0.39 is 18.5 Å². The number of anilines is 2. The first kappa shape index (κ1) is 23.4. The molecule has 2 amide bonds. The van der Waals surface area contributed by atoms with Crippen molar-refractivity contribution < 1.29 is 38.1 Å². The highest BCUT2D eigenvalue weighted by atomic mass is 16.7. The van der Waals surface area contributed by atoms with Crippen molar-refractivity contribution in [3.05, 3.63) is 72.3 Å². The molecule has 0 bridgehead atoms. The quantitative estimate of drug-likeness (QED) is 0.450. The Bertz CT molecular complexity index is 1230. The van der Waals surface area contributed by atoms with Gasteiger partial charge in [-0.3, -0.25) is 9.59 Å². The molecule has 10 heteroatoms. The van der Waals surface area contributed by atoms with Crippen molar-refractivity contribution in [2.24, 2.45) is 0 Å². The topological polar surface area (TPSA) is 121 Å². The van der Waals surface area contributed by atoms with E-state index in [1.165, 1.54) is 24.3 Å². The number of esters is 1. The van der Waals surface area contributed by atoms with Crippen LogP contribution in [-0.2, 0) is 14.3 Å². The molecule has 0 spiro atoms. The van der Waals surface area contributed by atoms with Gasteiger partial charge in [0, 0.05) is 23.5 Å². The van der Waals surface area contributed by atoms with Gasteiger partial charge in [0.1, 0.15) is 11.5 Å².